The van der Waals surface area contributed by atoms with E-state index in [1.54, 1.807) is 40.7 Å². The zero-order valence-corrected chi connectivity index (χ0v) is 20.2. The number of hydrogen-bond acceptors (Lipinski definition) is 6. The molecule has 1 unspecified atom stereocenters. The van der Waals surface area contributed by atoms with Crippen molar-refractivity contribution in [1.29, 1.82) is 0 Å². The van der Waals surface area contributed by atoms with Crippen LogP contribution in [0.15, 0.2) is 18.2 Å². The number of esters is 1. The fraction of sp³-hybridized carbons (Fsp3) is 0.565. The first-order chi connectivity index (χ1) is 14.8. The number of rotatable bonds is 8. The molecule has 0 aliphatic rings. The first-order valence-corrected chi connectivity index (χ1v) is 10.5. The number of carbonyl (C=O) groups is 4. The van der Waals surface area contributed by atoms with Gasteiger partial charge in [0, 0.05) is 6.04 Å². The number of aryl methyl sites for hydroxylation is 2. The van der Waals surface area contributed by atoms with Crippen LogP contribution in [-0.4, -0.2) is 60.6 Å². The van der Waals surface area contributed by atoms with Crippen LogP contribution in [0.25, 0.3) is 0 Å². The highest BCUT2D eigenvalue weighted by atomic mass is 16.6. The first kappa shape index (κ1) is 26.9. The summed E-state index contributed by atoms with van der Waals surface area (Å²) in [6, 6.07) is 4.09. The van der Waals surface area contributed by atoms with Gasteiger partial charge >= 0.3 is 12.1 Å². The number of hydrogen-bond donors (Lipinski definition) is 2. The maximum atomic E-state index is 13.1. The van der Waals surface area contributed by atoms with Crippen molar-refractivity contribution >= 4 is 23.9 Å². The molecule has 1 atom stereocenters. The molecule has 178 valence electrons. The molecule has 0 fully saturated rings. The van der Waals surface area contributed by atoms with E-state index in [1.165, 1.54) is 12.0 Å². The van der Waals surface area contributed by atoms with Crippen molar-refractivity contribution in [1.82, 2.24) is 15.5 Å². The molecule has 9 heteroatoms. The van der Waals surface area contributed by atoms with Crippen LogP contribution in [0.5, 0.6) is 0 Å². The van der Waals surface area contributed by atoms with Crippen molar-refractivity contribution in [2.75, 3.05) is 20.2 Å². The lowest BCUT2D eigenvalue weighted by atomic mass is 9.98. The Hall–Kier alpha value is -3.10. The Morgan fingerprint density at radius 3 is 2.12 bits per heavy atom. The molecule has 0 aromatic heterocycles. The molecule has 3 amide bonds. The van der Waals surface area contributed by atoms with Crippen LogP contribution >= 0.6 is 0 Å². The second-order valence-electron chi connectivity index (χ2n) is 8.79. The molecular formula is C23H35N3O6. The number of benzene rings is 1. The topological polar surface area (TPSA) is 114 Å². The molecule has 0 saturated carbocycles. The van der Waals surface area contributed by atoms with E-state index in [0.29, 0.717) is 5.56 Å². The summed E-state index contributed by atoms with van der Waals surface area (Å²) in [7, 11) is 1.22. The van der Waals surface area contributed by atoms with Gasteiger partial charge in [-0.05, 0) is 65.2 Å². The maximum absolute atomic E-state index is 13.1. The fourth-order valence-electron chi connectivity index (χ4n) is 2.98. The number of ether oxygens (including phenoxy) is 2. The predicted octanol–water partition coefficient (Wildman–Crippen LogP) is 2.40. The predicted molar refractivity (Wildman–Crippen MR) is 120 cm³/mol. The molecule has 1 aromatic carbocycles. The standard InChI is InChI=1S/C23H35N3O6/c1-14(2)26(18(27)12-25-22(30)32-23(5,6)7)20(21(29)24-13-19(28)31-8)17-10-9-15(3)16(4)11-17/h9-11,14,20H,12-13H2,1-8H3,(H,24,29)(H,25,30). The smallest absolute Gasteiger partial charge is 0.408 e. The van der Waals surface area contributed by atoms with E-state index in [9.17, 15) is 19.2 Å². The Balaban J connectivity index is 3.21. The number of methoxy groups -OCH3 is 1. The molecule has 0 spiro atoms. The molecule has 2 N–H and O–H groups in total. The molecule has 0 saturated heterocycles. The van der Waals surface area contributed by atoms with Crippen molar-refractivity contribution in [2.45, 2.75) is 66.2 Å². The van der Waals surface area contributed by atoms with Gasteiger partial charge in [-0.1, -0.05) is 18.2 Å². The molecule has 1 aromatic rings. The third-order valence-electron chi connectivity index (χ3n) is 4.64. The number of amides is 3. The molecule has 0 aliphatic heterocycles. The summed E-state index contributed by atoms with van der Waals surface area (Å²) in [5.41, 5.74) is 1.88. The molecule has 0 radical (unpaired) electrons. The molecular weight excluding hydrogens is 414 g/mol. The first-order valence-electron chi connectivity index (χ1n) is 10.5. The maximum Gasteiger partial charge on any atom is 0.408 e. The van der Waals surface area contributed by atoms with Crippen molar-refractivity contribution in [3.8, 4) is 0 Å². The van der Waals surface area contributed by atoms with Gasteiger partial charge in [-0.3, -0.25) is 14.4 Å². The zero-order chi connectivity index (χ0) is 24.6. The van der Waals surface area contributed by atoms with Gasteiger partial charge in [-0.25, -0.2) is 4.79 Å². The largest absolute Gasteiger partial charge is 0.468 e. The summed E-state index contributed by atoms with van der Waals surface area (Å²) in [6.07, 6.45) is -0.729. The van der Waals surface area contributed by atoms with E-state index in [0.717, 1.165) is 11.1 Å². The Kier molecular flexibility index (Phi) is 9.68. The average Bonchev–Trinajstić information content (AvgIpc) is 2.68. The van der Waals surface area contributed by atoms with Gasteiger partial charge in [0.25, 0.3) is 0 Å². The van der Waals surface area contributed by atoms with Gasteiger partial charge < -0.3 is 25.0 Å². The second-order valence-corrected chi connectivity index (χ2v) is 8.79. The number of nitrogens with one attached hydrogen (secondary N) is 2. The highest BCUT2D eigenvalue weighted by Gasteiger charge is 2.34. The Morgan fingerprint density at radius 1 is 1.00 bits per heavy atom. The summed E-state index contributed by atoms with van der Waals surface area (Å²) >= 11 is 0. The van der Waals surface area contributed by atoms with Crippen molar-refractivity contribution < 1.29 is 28.7 Å². The average molecular weight is 450 g/mol. The van der Waals surface area contributed by atoms with Crippen LogP contribution in [0, 0.1) is 13.8 Å². The summed E-state index contributed by atoms with van der Waals surface area (Å²) in [5.74, 6) is -1.61. The van der Waals surface area contributed by atoms with E-state index < -0.39 is 35.5 Å². The van der Waals surface area contributed by atoms with Gasteiger partial charge in [0.05, 0.1) is 7.11 Å². The normalized spacial score (nSPS) is 12.0. The van der Waals surface area contributed by atoms with Gasteiger partial charge in [0.15, 0.2) is 0 Å². The molecule has 1 rings (SSSR count). The van der Waals surface area contributed by atoms with E-state index >= 15 is 0 Å². The molecule has 0 aliphatic carbocycles. The summed E-state index contributed by atoms with van der Waals surface area (Å²) in [4.78, 5) is 51.1. The van der Waals surface area contributed by atoms with E-state index in [2.05, 4.69) is 15.4 Å². The third kappa shape index (κ3) is 8.20. The van der Waals surface area contributed by atoms with Crippen LogP contribution in [0.2, 0.25) is 0 Å². The van der Waals surface area contributed by atoms with Gasteiger partial charge in [0.2, 0.25) is 11.8 Å². The monoisotopic (exact) mass is 449 g/mol. The Bertz CT molecular complexity index is 845. The zero-order valence-electron chi connectivity index (χ0n) is 20.2. The summed E-state index contributed by atoms with van der Waals surface area (Å²) in [6.45, 7) is 11.9. The third-order valence-corrected chi connectivity index (χ3v) is 4.64. The van der Waals surface area contributed by atoms with Gasteiger partial charge in [-0.15, -0.1) is 0 Å². The van der Waals surface area contributed by atoms with Crippen LogP contribution in [0.3, 0.4) is 0 Å². The number of carbonyl (C=O) groups excluding carboxylic acids is 4. The fourth-order valence-corrected chi connectivity index (χ4v) is 2.98. The van der Waals surface area contributed by atoms with Gasteiger partial charge in [-0.2, -0.15) is 0 Å². The van der Waals surface area contributed by atoms with Crippen LogP contribution in [0.4, 0.5) is 4.79 Å². The van der Waals surface area contributed by atoms with Crippen molar-refractivity contribution in [2.24, 2.45) is 0 Å². The number of alkyl carbamates (subject to hydrolysis) is 1. The Labute approximate surface area is 189 Å². The van der Waals surface area contributed by atoms with Crippen molar-refractivity contribution in [3.05, 3.63) is 34.9 Å². The number of nitrogens with zero attached hydrogens (tertiary/aromatic N) is 1. The minimum Gasteiger partial charge on any atom is -0.468 e. The quantitative estimate of drug-likeness (QED) is 0.589. The molecule has 9 nitrogen and oxygen atoms in total. The van der Waals surface area contributed by atoms with Crippen LogP contribution in [0.1, 0.15) is 57.4 Å². The van der Waals surface area contributed by atoms with Crippen LogP contribution < -0.4 is 10.6 Å². The van der Waals surface area contributed by atoms with Crippen LogP contribution in [-0.2, 0) is 23.9 Å². The highest BCUT2D eigenvalue weighted by Crippen LogP contribution is 2.26. The van der Waals surface area contributed by atoms with Crippen molar-refractivity contribution in [3.63, 3.8) is 0 Å². The van der Waals surface area contributed by atoms with E-state index in [-0.39, 0.29) is 19.1 Å². The lowest BCUT2D eigenvalue weighted by Gasteiger charge is -2.35. The minimum atomic E-state index is -1.01. The lowest BCUT2D eigenvalue weighted by Crippen LogP contribution is -2.51. The van der Waals surface area contributed by atoms with E-state index in [4.69, 9.17) is 4.74 Å². The molecule has 0 bridgehead atoms. The lowest BCUT2D eigenvalue weighted by molar-refractivity contribution is -0.144. The minimum absolute atomic E-state index is 0.326. The molecule has 32 heavy (non-hydrogen) atoms. The second kappa shape index (κ2) is 11.5. The van der Waals surface area contributed by atoms with E-state index in [1.807, 2.05) is 26.0 Å². The SMILES string of the molecule is COC(=O)CNC(=O)C(c1ccc(C)c(C)c1)N(C(=O)CNC(=O)OC(C)(C)C)C(C)C. The highest BCUT2D eigenvalue weighted by molar-refractivity contribution is 5.92. The Morgan fingerprint density at radius 2 is 1.62 bits per heavy atom. The van der Waals surface area contributed by atoms with Gasteiger partial charge in [0.1, 0.15) is 24.7 Å². The summed E-state index contributed by atoms with van der Waals surface area (Å²) < 4.78 is 9.76. The molecule has 0 heterocycles. The summed E-state index contributed by atoms with van der Waals surface area (Å²) in [5, 5.41) is 4.97.